The first-order chi connectivity index (χ1) is 13.1. The minimum atomic E-state index is -0.0454. The molecule has 27 heavy (non-hydrogen) atoms. The fraction of sp³-hybridized carbons (Fsp3) is 0.300. The lowest BCUT2D eigenvalue weighted by Crippen LogP contribution is -2.37. The molecule has 1 unspecified atom stereocenters. The van der Waals surface area contributed by atoms with E-state index >= 15 is 0 Å². The number of hydrogen-bond donors (Lipinski definition) is 0. The van der Waals surface area contributed by atoms with E-state index in [0.29, 0.717) is 12.1 Å². The molecule has 1 aliphatic rings. The summed E-state index contributed by atoms with van der Waals surface area (Å²) in [5.74, 6) is -0.0454. The third kappa shape index (κ3) is 4.21. The quantitative estimate of drug-likeness (QED) is 0.462. The molecule has 1 amide bonds. The minimum absolute atomic E-state index is 0.0454. The number of fused-ring (bicyclic) bond motifs is 1. The molecule has 0 bridgehead atoms. The molecule has 0 saturated carbocycles. The van der Waals surface area contributed by atoms with Crippen molar-refractivity contribution in [3.63, 3.8) is 0 Å². The van der Waals surface area contributed by atoms with Crippen LogP contribution in [0, 0.1) is 0 Å². The maximum atomic E-state index is 13.3. The number of amides is 1. The van der Waals surface area contributed by atoms with Crippen molar-refractivity contribution in [2.75, 3.05) is 24.3 Å². The molecule has 7 heteroatoms. The summed E-state index contributed by atoms with van der Waals surface area (Å²) in [5, 5.41) is 0.726. The van der Waals surface area contributed by atoms with E-state index in [1.807, 2.05) is 30.3 Å². The number of thiazole rings is 1. The van der Waals surface area contributed by atoms with Crippen molar-refractivity contribution in [1.29, 1.82) is 0 Å². The highest BCUT2D eigenvalue weighted by molar-refractivity contribution is 9.10. The predicted octanol–water partition coefficient (Wildman–Crippen LogP) is 5.61. The van der Waals surface area contributed by atoms with E-state index in [9.17, 15) is 4.79 Å². The SMILES string of the molecule is CSc1ccc2nc(N(CC3CCCO3)C(=O)c3cccc(Br)c3)sc2c1. The van der Waals surface area contributed by atoms with Crippen LogP contribution in [0.3, 0.4) is 0 Å². The lowest BCUT2D eigenvalue weighted by atomic mass is 10.2. The molecular formula is C20H19BrN2O2S2. The molecule has 0 spiro atoms. The highest BCUT2D eigenvalue weighted by Gasteiger charge is 2.27. The number of nitrogens with zero attached hydrogens (tertiary/aromatic N) is 2. The van der Waals surface area contributed by atoms with Gasteiger partial charge in [-0.25, -0.2) is 4.98 Å². The summed E-state index contributed by atoms with van der Waals surface area (Å²) in [6.07, 6.45) is 4.14. The third-order valence-corrected chi connectivity index (χ3v) is 6.80. The fourth-order valence-corrected chi connectivity index (χ4v) is 5.08. The Morgan fingerprint density at radius 1 is 1.37 bits per heavy atom. The van der Waals surface area contributed by atoms with Crippen LogP contribution in [-0.4, -0.2) is 36.4 Å². The van der Waals surface area contributed by atoms with Gasteiger partial charge in [-0.2, -0.15) is 0 Å². The van der Waals surface area contributed by atoms with Gasteiger partial charge < -0.3 is 4.74 Å². The Balaban J connectivity index is 1.71. The molecular weight excluding hydrogens is 444 g/mol. The maximum Gasteiger partial charge on any atom is 0.260 e. The maximum absolute atomic E-state index is 13.3. The Morgan fingerprint density at radius 3 is 3.00 bits per heavy atom. The van der Waals surface area contributed by atoms with Crippen LogP contribution in [0.25, 0.3) is 10.2 Å². The van der Waals surface area contributed by atoms with Crippen molar-refractivity contribution in [3.05, 3.63) is 52.5 Å². The van der Waals surface area contributed by atoms with Crippen LogP contribution in [0.5, 0.6) is 0 Å². The Hall–Kier alpha value is -1.41. The van der Waals surface area contributed by atoms with Gasteiger partial charge in [0.15, 0.2) is 5.13 Å². The van der Waals surface area contributed by atoms with Gasteiger partial charge in [0.1, 0.15) is 0 Å². The second-order valence-electron chi connectivity index (χ2n) is 6.39. The van der Waals surface area contributed by atoms with Crippen LogP contribution in [-0.2, 0) is 4.74 Å². The number of ether oxygens (including phenoxy) is 1. The average Bonchev–Trinajstić information content (AvgIpc) is 3.34. The molecule has 140 valence electrons. The molecule has 0 N–H and O–H groups in total. The van der Waals surface area contributed by atoms with Crippen LogP contribution in [0.1, 0.15) is 23.2 Å². The monoisotopic (exact) mass is 462 g/mol. The van der Waals surface area contributed by atoms with Crippen LogP contribution in [0.2, 0.25) is 0 Å². The number of benzene rings is 2. The standard InChI is InChI=1S/C20H19BrN2O2S2/c1-26-16-7-8-17-18(11-16)27-20(22-17)23(12-15-6-3-9-25-15)19(24)13-4-2-5-14(21)10-13/h2,4-5,7-8,10-11,15H,3,6,9,12H2,1H3. The Kier molecular flexibility index (Phi) is 5.82. The van der Waals surface area contributed by atoms with E-state index in [4.69, 9.17) is 9.72 Å². The highest BCUT2D eigenvalue weighted by atomic mass is 79.9. The second kappa shape index (κ2) is 8.31. The molecule has 1 aromatic heterocycles. The van der Waals surface area contributed by atoms with Gasteiger partial charge in [0, 0.05) is 21.5 Å². The van der Waals surface area contributed by atoms with Crippen LogP contribution >= 0.6 is 39.0 Å². The van der Waals surface area contributed by atoms with Crippen LogP contribution < -0.4 is 4.90 Å². The van der Waals surface area contributed by atoms with Crippen molar-refractivity contribution >= 4 is 60.3 Å². The van der Waals surface area contributed by atoms with Crippen molar-refractivity contribution in [2.45, 2.75) is 23.8 Å². The molecule has 1 aliphatic heterocycles. The van der Waals surface area contributed by atoms with Crippen molar-refractivity contribution in [2.24, 2.45) is 0 Å². The van der Waals surface area contributed by atoms with E-state index in [1.165, 1.54) is 4.90 Å². The molecule has 0 aliphatic carbocycles. The Bertz CT molecular complexity index is 970. The smallest absolute Gasteiger partial charge is 0.260 e. The minimum Gasteiger partial charge on any atom is -0.376 e. The topological polar surface area (TPSA) is 42.4 Å². The lowest BCUT2D eigenvalue weighted by Gasteiger charge is -2.23. The summed E-state index contributed by atoms with van der Waals surface area (Å²) in [4.78, 5) is 21.0. The first kappa shape index (κ1) is 18.9. The zero-order chi connectivity index (χ0) is 18.8. The summed E-state index contributed by atoms with van der Waals surface area (Å²) in [6, 6.07) is 13.7. The summed E-state index contributed by atoms with van der Waals surface area (Å²) < 4.78 is 7.78. The molecule has 3 aromatic rings. The summed E-state index contributed by atoms with van der Waals surface area (Å²) in [5.41, 5.74) is 1.57. The number of hydrogen-bond acceptors (Lipinski definition) is 5. The number of carbonyl (C=O) groups excluding carboxylic acids is 1. The van der Waals surface area contributed by atoms with E-state index in [1.54, 1.807) is 28.0 Å². The Labute approximate surface area is 175 Å². The first-order valence-corrected chi connectivity index (χ1v) is 11.6. The van der Waals surface area contributed by atoms with Crippen molar-refractivity contribution in [3.8, 4) is 0 Å². The largest absolute Gasteiger partial charge is 0.376 e. The lowest BCUT2D eigenvalue weighted by molar-refractivity contribution is 0.0917. The third-order valence-electron chi connectivity index (χ3n) is 4.54. The van der Waals surface area contributed by atoms with Gasteiger partial charge in [0.05, 0.1) is 22.9 Å². The summed E-state index contributed by atoms with van der Waals surface area (Å²) >= 11 is 6.72. The number of thioether (sulfide) groups is 1. The number of anilines is 1. The van der Waals surface area contributed by atoms with E-state index in [-0.39, 0.29) is 12.0 Å². The molecule has 4 nitrogen and oxygen atoms in total. The zero-order valence-corrected chi connectivity index (χ0v) is 18.1. The predicted molar refractivity (Wildman–Crippen MR) is 116 cm³/mol. The summed E-state index contributed by atoms with van der Waals surface area (Å²) in [6.45, 7) is 1.29. The van der Waals surface area contributed by atoms with Gasteiger partial charge in [0.25, 0.3) is 5.91 Å². The van der Waals surface area contributed by atoms with Crippen LogP contribution in [0.4, 0.5) is 5.13 Å². The molecule has 1 saturated heterocycles. The first-order valence-electron chi connectivity index (χ1n) is 8.77. The van der Waals surface area contributed by atoms with Gasteiger partial charge in [-0.05, 0) is 55.5 Å². The molecule has 1 fully saturated rings. The molecule has 4 rings (SSSR count). The summed E-state index contributed by atoms with van der Waals surface area (Å²) in [7, 11) is 0. The number of aromatic nitrogens is 1. The zero-order valence-electron chi connectivity index (χ0n) is 14.9. The highest BCUT2D eigenvalue weighted by Crippen LogP contribution is 2.33. The van der Waals surface area contributed by atoms with E-state index in [2.05, 4.69) is 34.3 Å². The molecule has 1 atom stereocenters. The average molecular weight is 463 g/mol. The normalized spacial score (nSPS) is 16.7. The fourth-order valence-electron chi connectivity index (χ4n) is 3.15. The molecule has 2 heterocycles. The van der Waals surface area contributed by atoms with E-state index in [0.717, 1.165) is 39.3 Å². The van der Waals surface area contributed by atoms with Gasteiger partial charge in [0.2, 0.25) is 0 Å². The van der Waals surface area contributed by atoms with Gasteiger partial charge in [-0.3, -0.25) is 9.69 Å². The number of rotatable bonds is 5. The van der Waals surface area contributed by atoms with Crippen molar-refractivity contribution in [1.82, 2.24) is 4.98 Å². The Morgan fingerprint density at radius 2 is 2.26 bits per heavy atom. The van der Waals surface area contributed by atoms with Gasteiger partial charge in [-0.1, -0.05) is 33.3 Å². The van der Waals surface area contributed by atoms with Gasteiger partial charge in [-0.15, -0.1) is 11.8 Å². The molecule has 0 radical (unpaired) electrons. The van der Waals surface area contributed by atoms with Gasteiger partial charge >= 0.3 is 0 Å². The molecule has 2 aromatic carbocycles. The number of carbonyl (C=O) groups is 1. The number of halogens is 1. The van der Waals surface area contributed by atoms with Crippen LogP contribution in [0.15, 0.2) is 51.8 Å². The second-order valence-corrected chi connectivity index (χ2v) is 9.20. The van der Waals surface area contributed by atoms with Crippen molar-refractivity contribution < 1.29 is 9.53 Å². The van der Waals surface area contributed by atoms with E-state index < -0.39 is 0 Å².